The van der Waals surface area contributed by atoms with E-state index in [0.717, 1.165) is 11.1 Å². The van der Waals surface area contributed by atoms with Crippen LogP contribution in [0.2, 0.25) is 0 Å². The van der Waals surface area contributed by atoms with E-state index in [4.69, 9.17) is 14.3 Å². The van der Waals surface area contributed by atoms with Crippen molar-refractivity contribution in [2.75, 3.05) is 0 Å². The molecule has 3 aliphatic rings. The van der Waals surface area contributed by atoms with E-state index >= 15 is 0 Å². The Morgan fingerprint density at radius 2 is 1.31 bits per heavy atom. The van der Waals surface area contributed by atoms with Crippen LogP contribution in [0.4, 0.5) is 0 Å². The standard InChI is InChI=1S/C31H19NO7/c33-26-16-17-27(34)32(26)39-29(35)19-14-12-18(13-15-19)20-6-5-9-23-28(20)30(36)38-31(23)21-7-1-3-10-24(21)37-25-11-4-2-8-22(25)31/h1-15H,16-17H2. The maximum atomic E-state index is 13.6. The van der Waals surface area contributed by atoms with Gasteiger partial charge in [0.05, 0.1) is 11.1 Å². The van der Waals surface area contributed by atoms with Gasteiger partial charge >= 0.3 is 11.9 Å². The summed E-state index contributed by atoms with van der Waals surface area (Å²) in [6.45, 7) is 0. The van der Waals surface area contributed by atoms with Crippen LogP contribution in [-0.4, -0.2) is 28.8 Å². The van der Waals surface area contributed by atoms with E-state index in [0.29, 0.717) is 38.8 Å². The number of esters is 1. The van der Waals surface area contributed by atoms with Crippen molar-refractivity contribution in [3.8, 4) is 22.6 Å². The second-order valence-electron chi connectivity index (χ2n) is 9.43. The molecule has 1 spiro atoms. The van der Waals surface area contributed by atoms with E-state index in [1.807, 2.05) is 66.7 Å². The number of carbonyl (C=O) groups excluding carboxylic acids is 4. The fourth-order valence-corrected chi connectivity index (χ4v) is 5.49. The molecule has 4 aromatic carbocycles. The highest BCUT2D eigenvalue weighted by molar-refractivity contribution is 6.04. The average molecular weight is 517 g/mol. The van der Waals surface area contributed by atoms with Crippen LogP contribution < -0.4 is 4.74 Å². The largest absolute Gasteiger partial charge is 0.456 e. The molecule has 1 fully saturated rings. The lowest BCUT2D eigenvalue weighted by molar-refractivity contribution is -0.172. The maximum absolute atomic E-state index is 13.6. The second-order valence-corrected chi connectivity index (χ2v) is 9.43. The fraction of sp³-hybridized carbons (Fsp3) is 0.0968. The van der Waals surface area contributed by atoms with Gasteiger partial charge in [-0.15, -0.1) is 5.06 Å². The molecule has 4 aromatic rings. The SMILES string of the molecule is O=C(ON1C(=O)CCC1=O)c1ccc(-c2cccc3c2C(=O)OC32c3ccccc3Oc3ccccc32)cc1. The summed E-state index contributed by atoms with van der Waals surface area (Å²) in [7, 11) is 0. The van der Waals surface area contributed by atoms with Gasteiger partial charge in [0.2, 0.25) is 0 Å². The molecule has 0 N–H and O–H groups in total. The van der Waals surface area contributed by atoms with Gasteiger partial charge in [-0.2, -0.15) is 0 Å². The molecule has 8 heteroatoms. The molecule has 0 aromatic heterocycles. The van der Waals surface area contributed by atoms with E-state index in [2.05, 4.69) is 0 Å². The first-order chi connectivity index (χ1) is 19.0. The molecule has 190 valence electrons. The van der Waals surface area contributed by atoms with Gasteiger partial charge in [0.1, 0.15) is 11.5 Å². The van der Waals surface area contributed by atoms with Crippen molar-refractivity contribution < 1.29 is 33.5 Å². The van der Waals surface area contributed by atoms with Crippen LogP contribution in [0, 0.1) is 0 Å². The van der Waals surface area contributed by atoms with Crippen molar-refractivity contribution >= 4 is 23.8 Å². The number of imide groups is 1. The van der Waals surface area contributed by atoms with Gasteiger partial charge in [-0.1, -0.05) is 66.7 Å². The number of fused-ring (bicyclic) bond motifs is 6. The molecular formula is C31H19NO7. The van der Waals surface area contributed by atoms with Crippen molar-refractivity contribution in [1.82, 2.24) is 5.06 Å². The van der Waals surface area contributed by atoms with Crippen LogP contribution in [0.5, 0.6) is 11.5 Å². The Morgan fingerprint density at radius 1 is 0.718 bits per heavy atom. The molecule has 0 saturated carbocycles. The summed E-state index contributed by atoms with van der Waals surface area (Å²) in [6.07, 6.45) is 0.0334. The van der Waals surface area contributed by atoms with Crippen LogP contribution in [0.3, 0.4) is 0 Å². The predicted octanol–water partition coefficient (Wildman–Crippen LogP) is 5.14. The molecule has 0 atom stereocenters. The minimum absolute atomic E-state index is 0.0167. The number of ether oxygens (including phenoxy) is 2. The molecule has 8 nitrogen and oxygen atoms in total. The summed E-state index contributed by atoms with van der Waals surface area (Å²) in [6, 6.07) is 27.0. The lowest BCUT2D eigenvalue weighted by atomic mass is 9.77. The van der Waals surface area contributed by atoms with Gasteiger partial charge in [-0.05, 0) is 35.4 Å². The third-order valence-electron chi connectivity index (χ3n) is 7.26. The molecule has 0 aliphatic carbocycles. The second kappa shape index (κ2) is 8.39. The summed E-state index contributed by atoms with van der Waals surface area (Å²) < 4.78 is 12.4. The van der Waals surface area contributed by atoms with E-state index in [1.54, 1.807) is 12.1 Å². The first-order valence-electron chi connectivity index (χ1n) is 12.4. The van der Waals surface area contributed by atoms with Gasteiger partial charge in [0, 0.05) is 29.5 Å². The monoisotopic (exact) mass is 517 g/mol. The molecule has 2 amide bonds. The molecule has 0 bridgehead atoms. The number of carbonyl (C=O) groups is 4. The summed E-state index contributed by atoms with van der Waals surface area (Å²) >= 11 is 0. The van der Waals surface area contributed by atoms with Crippen molar-refractivity contribution in [2.24, 2.45) is 0 Å². The molecule has 0 radical (unpaired) electrons. The summed E-state index contributed by atoms with van der Waals surface area (Å²) in [5.74, 6) is -1.17. The van der Waals surface area contributed by atoms with Gasteiger partial charge in [0.15, 0.2) is 5.60 Å². The van der Waals surface area contributed by atoms with E-state index < -0.39 is 29.4 Å². The Morgan fingerprint density at radius 3 is 1.95 bits per heavy atom. The van der Waals surface area contributed by atoms with Gasteiger partial charge in [-0.3, -0.25) is 9.59 Å². The van der Waals surface area contributed by atoms with Crippen LogP contribution in [0.25, 0.3) is 11.1 Å². The molecular weight excluding hydrogens is 498 g/mol. The first kappa shape index (κ1) is 22.9. The predicted molar refractivity (Wildman–Crippen MR) is 137 cm³/mol. The number of rotatable bonds is 3. The van der Waals surface area contributed by atoms with Gasteiger partial charge in [0.25, 0.3) is 11.8 Å². The summed E-state index contributed by atoms with van der Waals surface area (Å²) in [4.78, 5) is 54.7. The number of benzene rings is 4. The van der Waals surface area contributed by atoms with E-state index in [9.17, 15) is 19.2 Å². The Kier molecular flexibility index (Phi) is 4.93. The van der Waals surface area contributed by atoms with Gasteiger partial charge in [-0.25, -0.2) is 9.59 Å². The maximum Gasteiger partial charge on any atom is 0.363 e. The molecule has 39 heavy (non-hydrogen) atoms. The Balaban J connectivity index is 1.30. The van der Waals surface area contributed by atoms with Crippen LogP contribution in [0.15, 0.2) is 91.0 Å². The topological polar surface area (TPSA) is 99.2 Å². The van der Waals surface area contributed by atoms with Crippen LogP contribution in [0.1, 0.15) is 50.2 Å². The van der Waals surface area contributed by atoms with Crippen molar-refractivity contribution in [2.45, 2.75) is 18.4 Å². The van der Waals surface area contributed by atoms with Crippen molar-refractivity contribution in [3.63, 3.8) is 0 Å². The third-order valence-corrected chi connectivity index (χ3v) is 7.26. The number of hydrogen-bond donors (Lipinski definition) is 0. The molecule has 3 heterocycles. The number of nitrogens with zero attached hydrogens (tertiary/aromatic N) is 1. The van der Waals surface area contributed by atoms with Gasteiger partial charge < -0.3 is 14.3 Å². The molecule has 3 aliphatic heterocycles. The molecule has 0 unspecified atom stereocenters. The Hall–Kier alpha value is -5.24. The third kappa shape index (κ3) is 3.31. The quantitative estimate of drug-likeness (QED) is 0.274. The average Bonchev–Trinajstić information content (AvgIpc) is 3.45. The number of hydrogen-bond acceptors (Lipinski definition) is 7. The highest BCUT2D eigenvalue weighted by Crippen LogP contribution is 2.56. The van der Waals surface area contributed by atoms with Crippen molar-refractivity contribution in [1.29, 1.82) is 0 Å². The Labute approximate surface area is 222 Å². The van der Waals surface area contributed by atoms with Crippen LogP contribution >= 0.6 is 0 Å². The lowest BCUT2D eigenvalue weighted by Gasteiger charge is -2.36. The summed E-state index contributed by atoms with van der Waals surface area (Å²) in [5.41, 5.74) is 2.89. The normalized spacial score (nSPS) is 16.3. The Bertz CT molecular complexity index is 1660. The zero-order chi connectivity index (χ0) is 26.7. The van der Waals surface area contributed by atoms with Crippen LogP contribution in [-0.2, 0) is 24.8 Å². The van der Waals surface area contributed by atoms with E-state index in [-0.39, 0.29) is 18.4 Å². The number of amides is 2. The smallest absolute Gasteiger partial charge is 0.363 e. The zero-order valence-corrected chi connectivity index (χ0v) is 20.4. The first-order valence-corrected chi connectivity index (χ1v) is 12.4. The number of hydroxylamine groups is 2. The minimum Gasteiger partial charge on any atom is -0.456 e. The zero-order valence-electron chi connectivity index (χ0n) is 20.4. The minimum atomic E-state index is -1.17. The highest BCUT2D eigenvalue weighted by Gasteiger charge is 2.54. The fourth-order valence-electron chi connectivity index (χ4n) is 5.49. The summed E-state index contributed by atoms with van der Waals surface area (Å²) in [5, 5.41) is 0.513. The number of para-hydroxylation sites is 2. The molecule has 7 rings (SSSR count). The van der Waals surface area contributed by atoms with E-state index in [1.165, 1.54) is 12.1 Å². The van der Waals surface area contributed by atoms with Crippen molar-refractivity contribution in [3.05, 3.63) is 119 Å². The highest BCUT2D eigenvalue weighted by atomic mass is 16.7. The molecule has 1 saturated heterocycles. The lowest BCUT2D eigenvalue weighted by Crippen LogP contribution is -2.32.